The molecular formula is C19H14ClF3N4O3S. The molecule has 1 fully saturated rings. The molecule has 31 heavy (non-hydrogen) atoms. The molecule has 0 spiro atoms. The van der Waals surface area contributed by atoms with Crippen molar-refractivity contribution in [2.24, 2.45) is 10.2 Å². The highest BCUT2D eigenvalue weighted by molar-refractivity contribution is 8.15. The van der Waals surface area contributed by atoms with Crippen LogP contribution in [-0.4, -0.2) is 33.6 Å². The predicted octanol–water partition coefficient (Wildman–Crippen LogP) is 4.01. The summed E-state index contributed by atoms with van der Waals surface area (Å²) >= 11 is 6.81. The largest absolute Gasteiger partial charge is 0.507 e. The van der Waals surface area contributed by atoms with Crippen LogP contribution in [0.5, 0.6) is 5.75 Å². The third-order valence-electron chi connectivity index (χ3n) is 4.00. The molecule has 0 saturated carbocycles. The second-order valence-electron chi connectivity index (χ2n) is 6.25. The molecule has 7 nitrogen and oxygen atoms in total. The molecule has 12 heteroatoms. The Morgan fingerprint density at radius 2 is 2.03 bits per heavy atom. The SMILES string of the molecule is O=C(CC1S/C(=N\N=C\c2ccccc2O)NC1=O)Nc1cc(C(F)(F)F)ccc1Cl. The van der Waals surface area contributed by atoms with Crippen LogP contribution >= 0.6 is 23.4 Å². The van der Waals surface area contributed by atoms with Gasteiger partial charge in [0.05, 0.1) is 22.5 Å². The first kappa shape index (κ1) is 22.6. The van der Waals surface area contributed by atoms with Gasteiger partial charge in [0.2, 0.25) is 11.8 Å². The van der Waals surface area contributed by atoms with Gasteiger partial charge in [0.25, 0.3) is 0 Å². The number of halogens is 4. The van der Waals surface area contributed by atoms with Gasteiger partial charge in [-0.25, -0.2) is 0 Å². The number of hydrogen-bond acceptors (Lipinski definition) is 6. The van der Waals surface area contributed by atoms with Crippen LogP contribution < -0.4 is 10.6 Å². The minimum absolute atomic E-state index is 0.0114. The molecule has 1 atom stereocenters. The minimum atomic E-state index is -4.59. The molecule has 3 N–H and O–H groups in total. The van der Waals surface area contributed by atoms with Crippen molar-refractivity contribution in [3.8, 4) is 5.75 Å². The van der Waals surface area contributed by atoms with Crippen LogP contribution in [0.3, 0.4) is 0 Å². The van der Waals surface area contributed by atoms with Gasteiger partial charge in [-0.1, -0.05) is 35.5 Å². The number of nitrogens with one attached hydrogen (secondary N) is 2. The summed E-state index contributed by atoms with van der Waals surface area (Å²) in [6.45, 7) is 0. The number of phenolic OH excluding ortho intramolecular Hbond substituents is 1. The Balaban J connectivity index is 1.61. The number of benzene rings is 2. The van der Waals surface area contributed by atoms with Crippen LogP contribution in [0.2, 0.25) is 5.02 Å². The van der Waals surface area contributed by atoms with Crippen LogP contribution in [0.25, 0.3) is 0 Å². The number of hydrogen-bond donors (Lipinski definition) is 3. The molecule has 0 aliphatic carbocycles. The Kier molecular flexibility index (Phi) is 6.86. The number of amidine groups is 1. The molecule has 2 amide bonds. The van der Waals surface area contributed by atoms with E-state index >= 15 is 0 Å². The number of thioether (sulfide) groups is 1. The summed E-state index contributed by atoms with van der Waals surface area (Å²) in [6.07, 6.45) is -3.61. The summed E-state index contributed by atoms with van der Waals surface area (Å²) in [5.41, 5.74) is -0.738. The maximum Gasteiger partial charge on any atom is 0.416 e. The molecule has 1 aliphatic heterocycles. The van der Waals surface area contributed by atoms with E-state index in [2.05, 4.69) is 20.8 Å². The maximum absolute atomic E-state index is 12.8. The fourth-order valence-corrected chi connectivity index (χ4v) is 3.58. The van der Waals surface area contributed by atoms with Crippen molar-refractivity contribution in [1.29, 1.82) is 0 Å². The van der Waals surface area contributed by atoms with Gasteiger partial charge in [-0.3, -0.25) is 9.59 Å². The van der Waals surface area contributed by atoms with Gasteiger partial charge in [0.15, 0.2) is 5.17 Å². The van der Waals surface area contributed by atoms with E-state index in [1.165, 1.54) is 12.3 Å². The lowest BCUT2D eigenvalue weighted by Crippen LogP contribution is -2.28. The third-order valence-corrected chi connectivity index (χ3v) is 5.40. The summed E-state index contributed by atoms with van der Waals surface area (Å²) in [5, 5.41) is 21.3. The Bertz CT molecular complexity index is 1080. The monoisotopic (exact) mass is 470 g/mol. The zero-order chi connectivity index (χ0) is 22.6. The molecule has 0 aromatic heterocycles. The number of aromatic hydroxyl groups is 1. The topological polar surface area (TPSA) is 103 Å². The fraction of sp³-hybridized carbons (Fsp3) is 0.158. The first-order chi connectivity index (χ1) is 14.6. The van der Waals surface area contributed by atoms with E-state index < -0.39 is 28.8 Å². The van der Waals surface area contributed by atoms with E-state index in [0.29, 0.717) is 5.56 Å². The molecule has 1 unspecified atom stereocenters. The van der Waals surface area contributed by atoms with Gasteiger partial charge in [-0.15, -0.1) is 5.10 Å². The number of phenols is 1. The quantitative estimate of drug-likeness (QED) is 0.453. The van der Waals surface area contributed by atoms with E-state index in [0.717, 1.165) is 30.0 Å². The highest BCUT2D eigenvalue weighted by Crippen LogP contribution is 2.34. The Hall–Kier alpha value is -3.05. The lowest BCUT2D eigenvalue weighted by atomic mass is 10.2. The molecule has 2 aromatic rings. The summed E-state index contributed by atoms with van der Waals surface area (Å²) in [7, 11) is 0. The molecule has 1 aliphatic rings. The van der Waals surface area contributed by atoms with E-state index in [1.807, 2.05) is 0 Å². The van der Waals surface area contributed by atoms with Crippen LogP contribution in [0.15, 0.2) is 52.7 Å². The lowest BCUT2D eigenvalue weighted by Gasteiger charge is -2.12. The molecule has 0 bridgehead atoms. The fourth-order valence-electron chi connectivity index (χ4n) is 2.49. The van der Waals surface area contributed by atoms with Crippen molar-refractivity contribution in [2.75, 3.05) is 5.32 Å². The number of rotatable bonds is 5. The molecule has 162 valence electrons. The Morgan fingerprint density at radius 1 is 1.29 bits per heavy atom. The van der Waals surface area contributed by atoms with Gasteiger partial charge >= 0.3 is 6.18 Å². The van der Waals surface area contributed by atoms with Crippen molar-refractivity contribution in [3.05, 3.63) is 58.6 Å². The van der Waals surface area contributed by atoms with Crippen molar-refractivity contribution in [1.82, 2.24) is 5.32 Å². The number of para-hydroxylation sites is 1. The van der Waals surface area contributed by atoms with Crippen LogP contribution in [-0.2, 0) is 15.8 Å². The molecule has 1 heterocycles. The predicted molar refractivity (Wildman–Crippen MR) is 112 cm³/mol. The normalized spacial score (nSPS) is 17.9. The number of nitrogens with zero attached hydrogens (tertiary/aromatic N) is 2. The molecular weight excluding hydrogens is 457 g/mol. The maximum atomic E-state index is 12.8. The van der Waals surface area contributed by atoms with Crippen LogP contribution in [0.4, 0.5) is 18.9 Å². The zero-order valence-corrected chi connectivity index (χ0v) is 17.1. The van der Waals surface area contributed by atoms with Crippen molar-refractivity contribution < 1.29 is 27.9 Å². The highest BCUT2D eigenvalue weighted by atomic mass is 35.5. The van der Waals surface area contributed by atoms with E-state index in [1.54, 1.807) is 18.2 Å². The van der Waals surface area contributed by atoms with Gasteiger partial charge < -0.3 is 15.7 Å². The lowest BCUT2D eigenvalue weighted by molar-refractivity contribution is -0.137. The zero-order valence-electron chi connectivity index (χ0n) is 15.5. The third kappa shape index (κ3) is 5.98. The second kappa shape index (κ2) is 9.40. The standard InChI is InChI=1S/C19H14ClF3N4O3S/c20-12-6-5-11(19(21,22)23)7-13(12)25-16(29)8-15-17(30)26-18(31-15)27-24-9-10-3-1-2-4-14(10)28/h1-7,9,15,28H,8H2,(H,25,29)(H,26,27,30)/b24-9+. The molecule has 2 aromatic carbocycles. The van der Waals surface area contributed by atoms with E-state index in [4.69, 9.17) is 11.6 Å². The second-order valence-corrected chi connectivity index (χ2v) is 7.85. The number of carbonyl (C=O) groups excluding carboxylic acids is 2. The van der Waals surface area contributed by atoms with Crippen LogP contribution in [0.1, 0.15) is 17.5 Å². The summed E-state index contributed by atoms with van der Waals surface area (Å²) in [4.78, 5) is 24.3. The first-order valence-corrected chi connectivity index (χ1v) is 9.92. The van der Waals surface area contributed by atoms with Crippen molar-refractivity contribution in [3.63, 3.8) is 0 Å². The Labute approximate surface area is 183 Å². The molecule has 0 radical (unpaired) electrons. The Morgan fingerprint density at radius 3 is 2.74 bits per heavy atom. The number of anilines is 1. The average molecular weight is 471 g/mol. The molecule has 1 saturated heterocycles. The smallest absolute Gasteiger partial charge is 0.416 e. The number of alkyl halides is 3. The van der Waals surface area contributed by atoms with Gasteiger partial charge in [0.1, 0.15) is 11.0 Å². The first-order valence-electron chi connectivity index (χ1n) is 8.66. The van der Waals surface area contributed by atoms with E-state index in [9.17, 15) is 27.9 Å². The summed E-state index contributed by atoms with van der Waals surface area (Å²) < 4.78 is 38.5. The van der Waals surface area contributed by atoms with Crippen molar-refractivity contribution in [2.45, 2.75) is 17.8 Å². The molecule has 3 rings (SSSR count). The average Bonchev–Trinajstić information content (AvgIpc) is 3.03. The van der Waals surface area contributed by atoms with E-state index in [-0.39, 0.29) is 28.0 Å². The number of amides is 2. The summed E-state index contributed by atoms with van der Waals surface area (Å²) in [6, 6.07) is 9.00. The van der Waals surface area contributed by atoms with Gasteiger partial charge in [-0.05, 0) is 30.3 Å². The van der Waals surface area contributed by atoms with Crippen molar-refractivity contribution >= 4 is 52.2 Å². The van der Waals surface area contributed by atoms with Crippen LogP contribution in [0, 0.1) is 0 Å². The van der Waals surface area contributed by atoms with Gasteiger partial charge in [0, 0.05) is 12.0 Å². The summed E-state index contributed by atoms with van der Waals surface area (Å²) in [5.74, 6) is -1.17. The highest BCUT2D eigenvalue weighted by Gasteiger charge is 2.33. The van der Waals surface area contributed by atoms with Gasteiger partial charge in [-0.2, -0.15) is 18.3 Å². The minimum Gasteiger partial charge on any atom is -0.507 e. The number of carbonyl (C=O) groups is 2.